The van der Waals surface area contributed by atoms with E-state index in [1.165, 1.54) is 26.4 Å². The molecular formula is C27H25ClN2O6. The number of nitrogens with one attached hydrogen (secondary N) is 1. The second kappa shape index (κ2) is 8.41. The van der Waals surface area contributed by atoms with Gasteiger partial charge in [0.1, 0.15) is 22.1 Å². The molecule has 1 aliphatic heterocycles. The zero-order chi connectivity index (χ0) is 25.9. The third kappa shape index (κ3) is 3.32. The molecule has 8 nitrogen and oxygen atoms in total. The molecule has 2 atom stereocenters. The molecular weight excluding hydrogens is 484 g/mol. The fourth-order valence-corrected chi connectivity index (χ4v) is 5.32. The molecule has 0 bridgehead atoms. The Hall–Kier alpha value is -3.78. The lowest BCUT2D eigenvalue weighted by Gasteiger charge is -2.35. The van der Waals surface area contributed by atoms with Crippen molar-refractivity contribution in [1.82, 2.24) is 4.57 Å². The highest BCUT2D eigenvalue weighted by Crippen LogP contribution is 2.53. The van der Waals surface area contributed by atoms with Crippen molar-refractivity contribution in [3.8, 4) is 17.2 Å². The Morgan fingerprint density at radius 3 is 2.50 bits per heavy atom. The van der Waals surface area contributed by atoms with E-state index in [9.17, 15) is 14.4 Å². The number of carbonyl (C=O) groups is 2. The number of ketones is 2. The lowest BCUT2D eigenvalue weighted by molar-refractivity contribution is -0.129. The highest BCUT2D eigenvalue weighted by Gasteiger charge is 2.60. The maximum Gasteiger partial charge on any atom is 0.236 e. The quantitative estimate of drug-likeness (QED) is 0.520. The third-order valence-electron chi connectivity index (χ3n) is 7.11. The first-order valence-corrected chi connectivity index (χ1v) is 11.8. The Balaban J connectivity index is 1.50. The maximum atomic E-state index is 13.6. The summed E-state index contributed by atoms with van der Waals surface area (Å²) < 4.78 is 18.7. The van der Waals surface area contributed by atoms with Crippen LogP contribution in [-0.2, 0) is 11.8 Å². The van der Waals surface area contributed by atoms with Crippen LogP contribution in [0.1, 0.15) is 29.4 Å². The molecule has 0 saturated heterocycles. The van der Waals surface area contributed by atoms with Crippen molar-refractivity contribution in [2.75, 3.05) is 19.5 Å². The predicted octanol–water partition coefficient (Wildman–Crippen LogP) is 4.44. The number of aryl methyl sites for hydroxylation is 2. The molecule has 9 heteroatoms. The molecule has 1 spiro atoms. The van der Waals surface area contributed by atoms with E-state index < -0.39 is 23.1 Å². The molecule has 3 aromatic rings. The number of methoxy groups -OCH3 is 2. The second-order valence-corrected chi connectivity index (χ2v) is 9.55. The van der Waals surface area contributed by atoms with Gasteiger partial charge in [0.2, 0.25) is 17.2 Å². The first-order valence-electron chi connectivity index (χ1n) is 11.4. The van der Waals surface area contributed by atoms with Gasteiger partial charge in [0, 0.05) is 53.6 Å². The van der Waals surface area contributed by atoms with Gasteiger partial charge in [0.05, 0.1) is 19.7 Å². The average molecular weight is 509 g/mol. The Morgan fingerprint density at radius 1 is 1.11 bits per heavy atom. The van der Waals surface area contributed by atoms with Crippen molar-refractivity contribution in [2.45, 2.75) is 25.9 Å². The van der Waals surface area contributed by atoms with E-state index in [4.69, 9.17) is 25.8 Å². The minimum atomic E-state index is -1.74. The summed E-state index contributed by atoms with van der Waals surface area (Å²) in [7, 11) is 4.77. The van der Waals surface area contributed by atoms with Crippen molar-refractivity contribution in [1.29, 1.82) is 0 Å². The van der Waals surface area contributed by atoms with E-state index in [0.29, 0.717) is 23.2 Å². The van der Waals surface area contributed by atoms with E-state index >= 15 is 0 Å². The zero-order valence-electron chi connectivity index (χ0n) is 20.5. The summed E-state index contributed by atoms with van der Waals surface area (Å²) in [6.07, 6.45) is 1.74. The van der Waals surface area contributed by atoms with Gasteiger partial charge in [-0.05, 0) is 31.5 Å². The molecule has 0 saturated carbocycles. The van der Waals surface area contributed by atoms with Crippen LogP contribution >= 0.6 is 11.6 Å². The largest absolute Gasteiger partial charge is 0.496 e. The molecule has 1 aromatic heterocycles. The van der Waals surface area contributed by atoms with E-state index in [1.807, 2.05) is 30.7 Å². The van der Waals surface area contributed by atoms with Crippen LogP contribution in [0.3, 0.4) is 0 Å². The van der Waals surface area contributed by atoms with Gasteiger partial charge in [-0.15, -0.1) is 0 Å². The molecule has 0 amide bonds. The summed E-state index contributed by atoms with van der Waals surface area (Å²) in [6.45, 7) is 3.67. The number of carbonyl (C=O) groups excluding carboxylic acids is 2. The number of Topliss-reactive ketones (excluding diaryl/α,β-unsaturated/α-hetero) is 1. The Labute approximate surface area is 212 Å². The number of pyridine rings is 1. The van der Waals surface area contributed by atoms with Gasteiger partial charge in [-0.25, -0.2) is 0 Å². The monoisotopic (exact) mass is 508 g/mol. The number of benzene rings is 2. The number of ether oxygens (including phenoxy) is 3. The minimum Gasteiger partial charge on any atom is -0.496 e. The molecule has 1 N–H and O–H groups in total. The fourth-order valence-electron chi connectivity index (χ4n) is 5.06. The van der Waals surface area contributed by atoms with Crippen molar-refractivity contribution >= 4 is 39.8 Å². The number of rotatable bonds is 4. The van der Waals surface area contributed by atoms with Gasteiger partial charge in [-0.1, -0.05) is 18.5 Å². The van der Waals surface area contributed by atoms with Crippen molar-refractivity contribution in [2.24, 2.45) is 13.0 Å². The number of anilines is 1. The Bertz CT molecular complexity index is 1560. The SMILES string of the molecule is COc1cc(OC)c2c(c1Cl)OC1(C(=O)C=C(Nc3ccc4c(c3)c(=O)cc(C)n4C)CC1C)C2=O. The first-order chi connectivity index (χ1) is 17.1. The minimum absolute atomic E-state index is 0.0748. The van der Waals surface area contributed by atoms with Crippen molar-refractivity contribution in [3.63, 3.8) is 0 Å². The van der Waals surface area contributed by atoms with Gasteiger partial charge in [0.25, 0.3) is 0 Å². The molecule has 2 unspecified atom stereocenters. The molecule has 2 aliphatic rings. The van der Waals surface area contributed by atoms with Crippen molar-refractivity contribution < 1.29 is 23.8 Å². The highest BCUT2D eigenvalue weighted by atomic mass is 35.5. The fraction of sp³-hybridized carbons (Fsp3) is 0.296. The van der Waals surface area contributed by atoms with E-state index in [2.05, 4.69) is 5.32 Å². The van der Waals surface area contributed by atoms with E-state index in [1.54, 1.807) is 19.1 Å². The summed E-state index contributed by atoms with van der Waals surface area (Å²) in [6, 6.07) is 8.58. The van der Waals surface area contributed by atoms with Gasteiger partial charge < -0.3 is 24.1 Å². The Morgan fingerprint density at radius 2 is 1.83 bits per heavy atom. The predicted molar refractivity (Wildman–Crippen MR) is 137 cm³/mol. The lowest BCUT2D eigenvalue weighted by atomic mass is 9.74. The number of allylic oxidation sites excluding steroid dienone is 1. The number of hydrogen-bond acceptors (Lipinski definition) is 7. The molecule has 186 valence electrons. The van der Waals surface area contributed by atoms with Crippen LogP contribution < -0.4 is 25.0 Å². The topological polar surface area (TPSA) is 95.9 Å². The standard InChI is InChI=1S/C27H25ClN2O6/c1-13-8-16(29-15-6-7-18-17(10-15)19(31)9-14(2)30(18)3)11-22(32)27(13)26(33)23-20(34-4)12-21(35-5)24(28)25(23)36-27/h6-7,9-13,29H,8H2,1-5H3. The lowest BCUT2D eigenvalue weighted by Crippen LogP contribution is -2.55. The van der Waals surface area contributed by atoms with E-state index in [-0.39, 0.29) is 33.3 Å². The van der Waals surface area contributed by atoms with Crippen LogP contribution in [0.4, 0.5) is 5.69 Å². The van der Waals surface area contributed by atoms with Crippen LogP contribution in [0.5, 0.6) is 17.2 Å². The van der Waals surface area contributed by atoms with Gasteiger partial charge >= 0.3 is 0 Å². The third-order valence-corrected chi connectivity index (χ3v) is 7.47. The summed E-state index contributed by atoms with van der Waals surface area (Å²) in [5.74, 6) is -0.896. The molecule has 2 aromatic carbocycles. The van der Waals surface area contributed by atoms with Crippen LogP contribution in [0.2, 0.25) is 5.02 Å². The van der Waals surface area contributed by atoms with Crippen molar-refractivity contribution in [3.05, 3.63) is 68.6 Å². The summed E-state index contributed by atoms with van der Waals surface area (Å²) in [5, 5.41) is 3.92. The maximum absolute atomic E-state index is 13.6. The van der Waals surface area contributed by atoms with Crippen LogP contribution in [0.25, 0.3) is 10.9 Å². The summed E-state index contributed by atoms with van der Waals surface area (Å²) in [5.41, 5.74) is 1.28. The number of aromatic nitrogens is 1. The van der Waals surface area contributed by atoms with Crippen LogP contribution in [-0.4, -0.2) is 36.0 Å². The molecule has 0 fully saturated rings. The molecule has 36 heavy (non-hydrogen) atoms. The van der Waals surface area contributed by atoms with Gasteiger partial charge in [-0.3, -0.25) is 14.4 Å². The summed E-state index contributed by atoms with van der Waals surface area (Å²) in [4.78, 5) is 39.7. The van der Waals surface area contributed by atoms with E-state index in [0.717, 1.165) is 11.2 Å². The average Bonchev–Trinajstić information content (AvgIpc) is 3.16. The van der Waals surface area contributed by atoms with Crippen LogP contribution in [0.15, 0.2) is 46.9 Å². The number of halogens is 1. The smallest absolute Gasteiger partial charge is 0.236 e. The molecule has 5 rings (SSSR count). The number of nitrogens with zero attached hydrogens (tertiary/aromatic N) is 1. The van der Waals surface area contributed by atoms with Gasteiger partial charge in [0.15, 0.2) is 11.2 Å². The molecule has 1 aliphatic carbocycles. The number of hydrogen-bond donors (Lipinski definition) is 1. The molecule has 0 radical (unpaired) electrons. The summed E-state index contributed by atoms with van der Waals surface area (Å²) >= 11 is 6.44. The van der Waals surface area contributed by atoms with Crippen LogP contribution in [0, 0.1) is 12.8 Å². The van der Waals surface area contributed by atoms with Gasteiger partial charge in [-0.2, -0.15) is 0 Å². The normalized spacial score (nSPS) is 20.8. The zero-order valence-corrected chi connectivity index (χ0v) is 21.3. The molecule has 2 heterocycles. The first kappa shape index (κ1) is 23.9. The Kier molecular flexibility index (Phi) is 5.59. The second-order valence-electron chi connectivity index (χ2n) is 9.17. The number of fused-ring (bicyclic) bond motifs is 2. The highest BCUT2D eigenvalue weighted by molar-refractivity contribution is 6.36.